The number of carbonyl (C=O) groups excluding carboxylic acids is 1. The molecule has 1 N–H and O–H groups in total. The predicted octanol–water partition coefficient (Wildman–Crippen LogP) is 2.08. The van der Waals surface area contributed by atoms with Gasteiger partial charge in [0.05, 0.1) is 18.8 Å². The molecule has 0 bridgehead atoms. The fraction of sp³-hybridized carbons (Fsp3) is 0.417. The van der Waals surface area contributed by atoms with Gasteiger partial charge in [0.1, 0.15) is 6.61 Å². The molecule has 92 valence electrons. The molecular formula is C12H14BrNO3. The number of alkyl halides is 1. The monoisotopic (exact) mass is 299 g/mol. The summed E-state index contributed by atoms with van der Waals surface area (Å²) in [7, 11) is 0. The van der Waals surface area contributed by atoms with Gasteiger partial charge in [-0.2, -0.15) is 0 Å². The number of hydrogen-bond donors (Lipinski definition) is 1. The van der Waals surface area contributed by atoms with Crippen LogP contribution in [0.4, 0.5) is 4.79 Å². The lowest BCUT2D eigenvalue weighted by Gasteiger charge is -2.40. The van der Waals surface area contributed by atoms with Gasteiger partial charge in [0.25, 0.3) is 0 Å². The third kappa shape index (κ3) is 3.20. The quantitative estimate of drug-likeness (QED) is 0.866. The van der Waals surface area contributed by atoms with Crippen molar-refractivity contribution in [2.45, 2.75) is 12.1 Å². The third-order valence-electron chi connectivity index (χ3n) is 2.59. The fourth-order valence-corrected chi connectivity index (χ4v) is 1.97. The van der Waals surface area contributed by atoms with E-state index in [4.69, 9.17) is 9.47 Å². The minimum absolute atomic E-state index is 0.284. The molecule has 1 heterocycles. The Morgan fingerprint density at radius 1 is 1.41 bits per heavy atom. The number of ether oxygens (including phenoxy) is 2. The van der Waals surface area contributed by atoms with Gasteiger partial charge in [0, 0.05) is 5.33 Å². The van der Waals surface area contributed by atoms with Gasteiger partial charge in [-0.25, -0.2) is 4.79 Å². The van der Waals surface area contributed by atoms with Crippen LogP contribution in [0.2, 0.25) is 0 Å². The van der Waals surface area contributed by atoms with Crippen molar-refractivity contribution < 1.29 is 14.3 Å². The molecule has 0 spiro atoms. The fourth-order valence-electron chi connectivity index (χ4n) is 1.51. The normalized spacial score (nSPS) is 17.0. The number of alkyl carbamates (subject to hydrolysis) is 1. The SMILES string of the molecule is O=C(NC1(CBr)COC1)OCc1ccccc1. The largest absolute Gasteiger partial charge is 0.445 e. The van der Waals surface area contributed by atoms with Gasteiger partial charge in [-0.1, -0.05) is 46.3 Å². The van der Waals surface area contributed by atoms with E-state index in [1.165, 1.54) is 0 Å². The van der Waals surface area contributed by atoms with Crippen molar-refractivity contribution in [1.82, 2.24) is 5.32 Å². The smallest absolute Gasteiger partial charge is 0.408 e. The first kappa shape index (κ1) is 12.4. The maximum absolute atomic E-state index is 11.6. The zero-order valence-electron chi connectivity index (χ0n) is 9.32. The molecule has 4 nitrogen and oxygen atoms in total. The Bertz CT molecular complexity index is 373. The van der Waals surface area contributed by atoms with Gasteiger partial charge < -0.3 is 14.8 Å². The summed E-state index contributed by atoms with van der Waals surface area (Å²) in [5.41, 5.74) is 0.675. The molecule has 1 aromatic carbocycles. The summed E-state index contributed by atoms with van der Waals surface area (Å²) >= 11 is 3.36. The lowest BCUT2D eigenvalue weighted by Crippen LogP contribution is -2.63. The van der Waals surface area contributed by atoms with Crippen LogP contribution >= 0.6 is 15.9 Å². The van der Waals surface area contributed by atoms with Crippen molar-refractivity contribution in [1.29, 1.82) is 0 Å². The Kier molecular flexibility index (Phi) is 4.02. The highest BCUT2D eigenvalue weighted by Crippen LogP contribution is 2.19. The molecule has 0 radical (unpaired) electrons. The highest BCUT2D eigenvalue weighted by Gasteiger charge is 2.39. The van der Waals surface area contributed by atoms with E-state index in [0.29, 0.717) is 18.5 Å². The van der Waals surface area contributed by atoms with Crippen molar-refractivity contribution in [2.24, 2.45) is 0 Å². The summed E-state index contributed by atoms with van der Waals surface area (Å²) in [6.07, 6.45) is -0.406. The summed E-state index contributed by atoms with van der Waals surface area (Å²) < 4.78 is 10.2. The standard InChI is InChI=1S/C12H14BrNO3/c13-7-12(8-16-9-12)14-11(15)17-6-10-4-2-1-3-5-10/h1-5H,6-9H2,(H,14,15). The second-order valence-electron chi connectivity index (χ2n) is 4.09. The Morgan fingerprint density at radius 2 is 2.12 bits per heavy atom. The van der Waals surface area contributed by atoms with Gasteiger partial charge >= 0.3 is 6.09 Å². The molecule has 1 fully saturated rings. The molecule has 0 unspecified atom stereocenters. The lowest BCUT2D eigenvalue weighted by molar-refractivity contribution is -0.0589. The first-order chi connectivity index (χ1) is 8.24. The molecule has 0 saturated carbocycles. The lowest BCUT2D eigenvalue weighted by atomic mass is 10.0. The highest BCUT2D eigenvalue weighted by atomic mass is 79.9. The van der Waals surface area contributed by atoms with Crippen LogP contribution in [0.3, 0.4) is 0 Å². The van der Waals surface area contributed by atoms with E-state index in [1.807, 2.05) is 30.3 Å². The van der Waals surface area contributed by atoms with E-state index in [-0.39, 0.29) is 12.1 Å². The van der Waals surface area contributed by atoms with E-state index < -0.39 is 6.09 Å². The zero-order valence-corrected chi connectivity index (χ0v) is 10.9. The van der Waals surface area contributed by atoms with Gasteiger partial charge in [0.15, 0.2) is 0 Å². The number of amides is 1. The first-order valence-electron chi connectivity index (χ1n) is 5.37. The minimum Gasteiger partial charge on any atom is -0.445 e. The maximum atomic E-state index is 11.6. The molecule has 1 amide bonds. The summed E-state index contributed by atoms with van der Waals surface area (Å²) in [5, 5.41) is 3.48. The number of halogens is 1. The molecule has 0 aliphatic carbocycles. The molecule has 1 aliphatic rings. The van der Waals surface area contributed by atoms with E-state index in [0.717, 1.165) is 5.56 Å². The number of rotatable bonds is 4. The van der Waals surface area contributed by atoms with Gasteiger partial charge in [0.2, 0.25) is 0 Å². The van der Waals surface area contributed by atoms with Crippen LogP contribution in [0.5, 0.6) is 0 Å². The molecule has 0 aromatic heterocycles. The minimum atomic E-state index is -0.406. The summed E-state index contributed by atoms with van der Waals surface area (Å²) in [6.45, 7) is 1.34. The van der Waals surface area contributed by atoms with E-state index in [1.54, 1.807) is 0 Å². The van der Waals surface area contributed by atoms with Crippen molar-refractivity contribution >= 4 is 22.0 Å². The second kappa shape index (κ2) is 5.51. The number of benzene rings is 1. The molecular weight excluding hydrogens is 286 g/mol. The predicted molar refractivity (Wildman–Crippen MR) is 67.1 cm³/mol. The maximum Gasteiger partial charge on any atom is 0.408 e. The van der Waals surface area contributed by atoms with Crippen LogP contribution in [-0.4, -0.2) is 30.2 Å². The van der Waals surface area contributed by atoms with Gasteiger partial charge in [-0.3, -0.25) is 0 Å². The summed E-state index contributed by atoms with van der Waals surface area (Å²) in [6, 6.07) is 9.59. The second-order valence-corrected chi connectivity index (χ2v) is 4.65. The first-order valence-corrected chi connectivity index (χ1v) is 6.49. The van der Waals surface area contributed by atoms with Crippen LogP contribution in [0, 0.1) is 0 Å². The topological polar surface area (TPSA) is 47.6 Å². The Balaban J connectivity index is 1.78. The van der Waals surface area contributed by atoms with Crippen molar-refractivity contribution in [3.05, 3.63) is 35.9 Å². The van der Waals surface area contributed by atoms with E-state index in [2.05, 4.69) is 21.2 Å². The molecule has 17 heavy (non-hydrogen) atoms. The van der Waals surface area contributed by atoms with Crippen molar-refractivity contribution in [3.63, 3.8) is 0 Å². The van der Waals surface area contributed by atoms with Crippen LogP contribution in [0.1, 0.15) is 5.56 Å². The van der Waals surface area contributed by atoms with Gasteiger partial charge in [-0.05, 0) is 5.56 Å². The van der Waals surface area contributed by atoms with E-state index >= 15 is 0 Å². The van der Waals surface area contributed by atoms with Crippen molar-refractivity contribution in [3.8, 4) is 0 Å². The average Bonchev–Trinajstić information content (AvgIpc) is 2.33. The van der Waals surface area contributed by atoms with Gasteiger partial charge in [-0.15, -0.1) is 0 Å². The average molecular weight is 300 g/mol. The van der Waals surface area contributed by atoms with E-state index in [9.17, 15) is 4.79 Å². The zero-order chi connectivity index (χ0) is 12.1. The Morgan fingerprint density at radius 3 is 2.65 bits per heavy atom. The molecule has 0 atom stereocenters. The summed E-state index contributed by atoms with van der Waals surface area (Å²) in [4.78, 5) is 11.6. The molecule has 1 aromatic rings. The Hall–Kier alpha value is -1.07. The van der Waals surface area contributed by atoms with Crippen LogP contribution in [-0.2, 0) is 16.1 Å². The highest BCUT2D eigenvalue weighted by molar-refractivity contribution is 9.09. The van der Waals surface area contributed by atoms with Crippen LogP contribution < -0.4 is 5.32 Å². The molecule has 2 rings (SSSR count). The van der Waals surface area contributed by atoms with Crippen LogP contribution in [0.25, 0.3) is 0 Å². The van der Waals surface area contributed by atoms with Crippen molar-refractivity contribution in [2.75, 3.05) is 18.5 Å². The Labute approximate surface area is 108 Å². The van der Waals surface area contributed by atoms with Crippen LogP contribution in [0.15, 0.2) is 30.3 Å². The number of hydrogen-bond acceptors (Lipinski definition) is 3. The number of carbonyl (C=O) groups is 1. The number of nitrogens with one attached hydrogen (secondary N) is 1. The third-order valence-corrected chi connectivity index (χ3v) is 3.67. The summed E-state index contributed by atoms with van der Waals surface area (Å²) in [5.74, 6) is 0. The molecule has 1 aliphatic heterocycles. The molecule has 1 saturated heterocycles. The molecule has 5 heteroatoms.